The van der Waals surface area contributed by atoms with Gasteiger partial charge in [0.15, 0.2) is 0 Å². The summed E-state index contributed by atoms with van der Waals surface area (Å²) in [4.78, 5) is 18.5. The SMILES string of the molecule is O=C(O)CNc1ncnc2c(Cl)cccc12. The predicted molar refractivity (Wildman–Crippen MR) is 60.7 cm³/mol. The van der Waals surface area contributed by atoms with Gasteiger partial charge in [-0.1, -0.05) is 17.7 Å². The molecule has 1 aromatic carbocycles. The second-order valence-electron chi connectivity index (χ2n) is 3.11. The topological polar surface area (TPSA) is 75.1 Å². The molecular weight excluding hydrogens is 230 g/mol. The molecule has 82 valence electrons. The lowest BCUT2D eigenvalue weighted by molar-refractivity contribution is -0.134. The molecule has 2 rings (SSSR count). The first-order valence-corrected chi connectivity index (χ1v) is 4.91. The lowest BCUT2D eigenvalue weighted by atomic mass is 10.2. The monoisotopic (exact) mass is 237 g/mol. The minimum absolute atomic E-state index is 0.196. The van der Waals surface area contributed by atoms with Gasteiger partial charge in [-0.2, -0.15) is 0 Å². The van der Waals surface area contributed by atoms with E-state index in [0.29, 0.717) is 21.7 Å². The van der Waals surface area contributed by atoms with Crippen LogP contribution in [-0.2, 0) is 4.79 Å². The number of carboxylic acid groups (broad SMARTS) is 1. The van der Waals surface area contributed by atoms with Crippen LogP contribution >= 0.6 is 11.6 Å². The van der Waals surface area contributed by atoms with Gasteiger partial charge in [0.05, 0.1) is 10.5 Å². The van der Waals surface area contributed by atoms with Crippen LogP contribution in [0.3, 0.4) is 0 Å². The Balaban J connectivity index is 2.45. The van der Waals surface area contributed by atoms with E-state index in [2.05, 4.69) is 15.3 Å². The zero-order valence-electron chi connectivity index (χ0n) is 8.14. The van der Waals surface area contributed by atoms with Gasteiger partial charge >= 0.3 is 5.97 Å². The maximum Gasteiger partial charge on any atom is 0.322 e. The number of fused-ring (bicyclic) bond motifs is 1. The fraction of sp³-hybridized carbons (Fsp3) is 0.100. The molecule has 0 aliphatic carbocycles. The summed E-state index contributed by atoms with van der Waals surface area (Å²) in [6, 6.07) is 5.27. The molecule has 0 aliphatic rings. The summed E-state index contributed by atoms with van der Waals surface area (Å²) < 4.78 is 0. The highest BCUT2D eigenvalue weighted by Gasteiger charge is 2.06. The highest BCUT2D eigenvalue weighted by Crippen LogP contribution is 2.24. The van der Waals surface area contributed by atoms with Crippen LogP contribution in [0.4, 0.5) is 5.82 Å². The van der Waals surface area contributed by atoms with Crippen molar-refractivity contribution in [1.29, 1.82) is 0 Å². The molecule has 1 aromatic heterocycles. The molecule has 1 heterocycles. The Bertz CT molecular complexity index is 545. The van der Waals surface area contributed by atoms with Crippen molar-refractivity contribution in [2.45, 2.75) is 0 Å². The molecular formula is C10H8ClN3O2. The molecule has 16 heavy (non-hydrogen) atoms. The highest BCUT2D eigenvalue weighted by molar-refractivity contribution is 6.35. The van der Waals surface area contributed by atoms with E-state index in [1.54, 1.807) is 18.2 Å². The minimum Gasteiger partial charge on any atom is -0.480 e. The van der Waals surface area contributed by atoms with Gasteiger partial charge in [0.1, 0.15) is 18.7 Å². The van der Waals surface area contributed by atoms with Crippen LogP contribution in [0.1, 0.15) is 0 Å². The number of para-hydroxylation sites is 1. The number of aliphatic carboxylic acids is 1. The predicted octanol–water partition coefficient (Wildman–Crippen LogP) is 1.78. The number of nitrogens with one attached hydrogen (secondary N) is 1. The number of carbonyl (C=O) groups is 1. The van der Waals surface area contributed by atoms with Gasteiger partial charge in [0.25, 0.3) is 0 Å². The quantitative estimate of drug-likeness (QED) is 0.851. The average Bonchev–Trinajstić information content (AvgIpc) is 2.27. The second kappa shape index (κ2) is 4.32. The molecule has 0 fully saturated rings. The first-order chi connectivity index (χ1) is 7.68. The molecule has 0 saturated heterocycles. The highest BCUT2D eigenvalue weighted by atomic mass is 35.5. The summed E-state index contributed by atoms with van der Waals surface area (Å²) in [7, 11) is 0. The molecule has 2 N–H and O–H groups in total. The Kier molecular flexibility index (Phi) is 2.87. The smallest absolute Gasteiger partial charge is 0.322 e. The van der Waals surface area contributed by atoms with Gasteiger partial charge in [0, 0.05) is 5.39 Å². The third kappa shape index (κ3) is 2.04. The fourth-order valence-corrected chi connectivity index (χ4v) is 1.58. The molecule has 6 heteroatoms. The van der Waals surface area contributed by atoms with E-state index in [1.165, 1.54) is 6.33 Å². The number of hydrogen-bond donors (Lipinski definition) is 2. The molecule has 5 nitrogen and oxygen atoms in total. The summed E-state index contributed by atoms with van der Waals surface area (Å²) >= 11 is 5.96. The van der Waals surface area contributed by atoms with Gasteiger partial charge in [-0.3, -0.25) is 4.79 Å². The zero-order chi connectivity index (χ0) is 11.5. The minimum atomic E-state index is -0.950. The van der Waals surface area contributed by atoms with Crippen molar-refractivity contribution in [2.75, 3.05) is 11.9 Å². The number of nitrogens with zero attached hydrogens (tertiary/aromatic N) is 2. The first kappa shape index (κ1) is 10.6. The van der Waals surface area contributed by atoms with Crippen molar-refractivity contribution < 1.29 is 9.90 Å². The van der Waals surface area contributed by atoms with E-state index in [4.69, 9.17) is 16.7 Å². The number of halogens is 1. The number of anilines is 1. The van der Waals surface area contributed by atoms with E-state index < -0.39 is 5.97 Å². The van der Waals surface area contributed by atoms with Crippen LogP contribution in [0.25, 0.3) is 10.9 Å². The second-order valence-corrected chi connectivity index (χ2v) is 3.51. The fourth-order valence-electron chi connectivity index (χ4n) is 1.35. The maximum absolute atomic E-state index is 10.4. The van der Waals surface area contributed by atoms with E-state index in [9.17, 15) is 4.79 Å². The molecule has 0 radical (unpaired) electrons. The van der Waals surface area contributed by atoms with Gasteiger partial charge < -0.3 is 10.4 Å². The van der Waals surface area contributed by atoms with Crippen molar-refractivity contribution in [2.24, 2.45) is 0 Å². The summed E-state index contributed by atoms with van der Waals surface area (Å²) in [6.07, 6.45) is 1.35. The largest absolute Gasteiger partial charge is 0.480 e. The third-order valence-electron chi connectivity index (χ3n) is 2.02. The van der Waals surface area contributed by atoms with Crippen LogP contribution in [0.15, 0.2) is 24.5 Å². The summed E-state index contributed by atoms with van der Waals surface area (Å²) in [5.41, 5.74) is 0.604. The Labute approximate surface area is 96.1 Å². The maximum atomic E-state index is 10.4. The summed E-state index contributed by atoms with van der Waals surface area (Å²) in [5.74, 6) is -0.483. The van der Waals surface area contributed by atoms with Crippen molar-refractivity contribution in [3.8, 4) is 0 Å². The molecule has 2 aromatic rings. The Hall–Kier alpha value is -1.88. The number of aromatic nitrogens is 2. The number of hydrogen-bond acceptors (Lipinski definition) is 4. The van der Waals surface area contributed by atoms with E-state index >= 15 is 0 Å². The number of rotatable bonds is 3. The Morgan fingerprint density at radius 3 is 3.00 bits per heavy atom. The molecule has 0 saturated carbocycles. The standard InChI is InChI=1S/C10H8ClN3O2/c11-7-3-1-2-6-9(7)13-5-14-10(6)12-4-8(15)16/h1-3,5H,4H2,(H,15,16)(H,12,13,14). The van der Waals surface area contributed by atoms with E-state index in [-0.39, 0.29) is 6.54 Å². The summed E-state index contributed by atoms with van der Waals surface area (Å²) in [5, 5.41) is 12.5. The van der Waals surface area contributed by atoms with Crippen LogP contribution < -0.4 is 5.32 Å². The van der Waals surface area contributed by atoms with Gasteiger partial charge in [-0.05, 0) is 12.1 Å². The van der Waals surface area contributed by atoms with Gasteiger partial charge in [-0.15, -0.1) is 0 Å². The van der Waals surface area contributed by atoms with Crippen molar-refractivity contribution in [3.05, 3.63) is 29.5 Å². The van der Waals surface area contributed by atoms with Crippen LogP contribution in [0.5, 0.6) is 0 Å². The van der Waals surface area contributed by atoms with Crippen LogP contribution in [0, 0.1) is 0 Å². The van der Waals surface area contributed by atoms with Crippen molar-refractivity contribution >= 4 is 34.3 Å². The first-order valence-electron chi connectivity index (χ1n) is 4.53. The number of carboxylic acids is 1. The van der Waals surface area contributed by atoms with Gasteiger partial charge in [0.2, 0.25) is 0 Å². The molecule has 0 amide bonds. The molecule has 0 bridgehead atoms. The van der Waals surface area contributed by atoms with Crippen LogP contribution in [0.2, 0.25) is 5.02 Å². The average molecular weight is 238 g/mol. The van der Waals surface area contributed by atoms with E-state index in [0.717, 1.165) is 0 Å². The summed E-state index contributed by atoms with van der Waals surface area (Å²) in [6.45, 7) is -0.196. The Morgan fingerprint density at radius 1 is 1.44 bits per heavy atom. The van der Waals surface area contributed by atoms with E-state index in [1.807, 2.05) is 0 Å². The lowest BCUT2D eigenvalue weighted by Gasteiger charge is -2.06. The lowest BCUT2D eigenvalue weighted by Crippen LogP contribution is -2.13. The molecule has 0 spiro atoms. The molecule has 0 aliphatic heterocycles. The zero-order valence-corrected chi connectivity index (χ0v) is 8.90. The molecule has 0 unspecified atom stereocenters. The van der Waals surface area contributed by atoms with Gasteiger partial charge in [-0.25, -0.2) is 9.97 Å². The number of benzene rings is 1. The van der Waals surface area contributed by atoms with Crippen molar-refractivity contribution in [3.63, 3.8) is 0 Å². The third-order valence-corrected chi connectivity index (χ3v) is 2.33. The molecule has 0 atom stereocenters. The normalized spacial score (nSPS) is 10.3. The van der Waals surface area contributed by atoms with Crippen molar-refractivity contribution in [1.82, 2.24) is 9.97 Å². The Morgan fingerprint density at radius 2 is 2.25 bits per heavy atom. The van der Waals surface area contributed by atoms with Crippen LogP contribution in [-0.4, -0.2) is 27.6 Å².